The minimum atomic E-state index is -0.324. The predicted octanol–water partition coefficient (Wildman–Crippen LogP) is 2.62. The Bertz CT molecular complexity index is 625. The highest BCUT2D eigenvalue weighted by Crippen LogP contribution is 2.40. The van der Waals surface area contributed by atoms with E-state index in [-0.39, 0.29) is 5.54 Å². The number of carbonyl (C=O) groups is 1. The maximum absolute atomic E-state index is 13.6. The van der Waals surface area contributed by atoms with Gasteiger partial charge in [0.1, 0.15) is 5.54 Å². The first-order valence-corrected chi connectivity index (χ1v) is 9.98. The van der Waals surface area contributed by atoms with Crippen LogP contribution in [-0.4, -0.2) is 62.4 Å². The van der Waals surface area contributed by atoms with Crippen molar-refractivity contribution in [2.45, 2.75) is 38.1 Å². The molecule has 3 fully saturated rings. The summed E-state index contributed by atoms with van der Waals surface area (Å²) in [5.41, 5.74) is 1.94. The van der Waals surface area contributed by atoms with E-state index in [1.807, 2.05) is 4.90 Å². The Balaban J connectivity index is 1.53. The summed E-state index contributed by atoms with van der Waals surface area (Å²) in [6, 6.07) is 8.35. The Morgan fingerprint density at radius 1 is 1.04 bits per heavy atom. The van der Waals surface area contributed by atoms with E-state index in [4.69, 9.17) is 9.47 Å². The van der Waals surface area contributed by atoms with Crippen LogP contribution in [-0.2, 0) is 14.3 Å². The van der Waals surface area contributed by atoms with Crippen LogP contribution in [0.5, 0.6) is 0 Å². The Hall–Kier alpha value is -1.43. The zero-order valence-corrected chi connectivity index (χ0v) is 15.8. The number of carbonyl (C=O) groups excluding carboxylic acids is 1. The molecule has 5 heteroatoms. The van der Waals surface area contributed by atoms with Crippen molar-refractivity contribution < 1.29 is 14.3 Å². The summed E-state index contributed by atoms with van der Waals surface area (Å²) in [5.74, 6) is 0.649. The molecule has 3 heterocycles. The smallest absolute Gasteiger partial charge is 0.247 e. The number of piperidine rings is 1. The second-order valence-electron chi connectivity index (χ2n) is 7.99. The van der Waals surface area contributed by atoms with Crippen molar-refractivity contribution in [3.05, 3.63) is 29.8 Å². The molecule has 0 saturated carbocycles. The number of benzene rings is 1. The third-order valence-corrected chi connectivity index (χ3v) is 6.14. The highest BCUT2D eigenvalue weighted by atomic mass is 16.5. The van der Waals surface area contributed by atoms with E-state index >= 15 is 0 Å². The van der Waals surface area contributed by atoms with E-state index in [1.54, 1.807) is 0 Å². The molecule has 1 spiro atoms. The second-order valence-corrected chi connectivity index (χ2v) is 7.99. The minimum Gasteiger partial charge on any atom is -0.379 e. The van der Waals surface area contributed by atoms with Crippen LogP contribution in [0.25, 0.3) is 0 Å². The van der Waals surface area contributed by atoms with Crippen molar-refractivity contribution >= 4 is 11.6 Å². The molecule has 0 aliphatic carbocycles. The fourth-order valence-corrected chi connectivity index (χ4v) is 4.77. The lowest BCUT2D eigenvalue weighted by Crippen LogP contribution is -2.61. The topological polar surface area (TPSA) is 42.0 Å². The average molecular weight is 358 g/mol. The highest BCUT2D eigenvalue weighted by molar-refractivity contribution is 6.01. The summed E-state index contributed by atoms with van der Waals surface area (Å²) in [6.07, 6.45) is 4.11. The lowest BCUT2D eigenvalue weighted by atomic mass is 9.84. The van der Waals surface area contributed by atoms with Gasteiger partial charge in [0.15, 0.2) is 0 Å². The first-order chi connectivity index (χ1) is 12.7. The number of hydrogen-bond acceptors (Lipinski definition) is 4. The quantitative estimate of drug-likeness (QED) is 0.833. The van der Waals surface area contributed by atoms with Crippen LogP contribution in [0.15, 0.2) is 24.3 Å². The lowest BCUT2D eigenvalue weighted by molar-refractivity contribution is -0.132. The zero-order valence-electron chi connectivity index (χ0n) is 15.8. The van der Waals surface area contributed by atoms with Gasteiger partial charge in [-0.25, -0.2) is 0 Å². The molecule has 1 unspecified atom stereocenters. The van der Waals surface area contributed by atoms with Crippen LogP contribution < -0.4 is 4.90 Å². The van der Waals surface area contributed by atoms with Crippen LogP contribution >= 0.6 is 0 Å². The minimum absolute atomic E-state index is 0.292. The molecule has 4 rings (SSSR count). The van der Waals surface area contributed by atoms with Gasteiger partial charge in [-0.3, -0.25) is 9.69 Å². The molecule has 0 bridgehead atoms. The number of nitrogens with zero attached hydrogens (tertiary/aromatic N) is 2. The molecule has 26 heavy (non-hydrogen) atoms. The van der Waals surface area contributed by atoms with Gasteiger partial charge < -0.3 is 14.4 Å². The molecule has 0 N–H and O–H groups in total. The normalized spacial score (nSPS) is 28.7. The molecular formula is C21H30N2O3. The SMILES string of the molecule is Cc1ccc(N2CCCC3(CCCN3CC3COCCOC3)C2=O)cc1. The van der Waals surface area contributed by atoms with E-state index in [2.05, 4.69) is 36.1 Å². The maximum atomic E-state index is 13.6. The van der Waals surface area contributed by atoms with Gasteiger partial charge in [0, 0.05) is 24.7 Å². The molecule has 142 valence electrons. The summed E-state index contributed by atoms with van der Waals surface area (Å²) < 4.78 is 11.3. The highest BCUT2D eigenvalue weighted by Gasteiger charge is 2.51. The predicted molar refractivity (Wildman–Crippen MR) is 101 cm³/mol. The van der Waals surface area contributed by atoms with E-state index in [0.29, 0.717) is 25.0 Å². The first kappa shape index (κ1) is 18.0. The fraction of sp³-hybridized carbons (Fsp3) is 0.667. The maximum Gasteiger partial charge on any atom is 0.247 e. The zero-order chi connectivity index (χ0) is 18.0. The molecule has 1 aromatic carbocycles. The summed E-state index contributed by atoms with van der Waals surface area (Å²) >= 11 is 0. The second kappa shape index (κ2) is 7.67. The Labute approximate surface area is 156 Å². The van der Waals surface area contributed by atoms with Crippen molar-refractivity contribution in [3.8, 4) is 0 Å². The molecule has 3 aliphatic rings. The van der Waals surface area contributed by atoms with Gasteiger partial charge in [-0.2, -0.15) is 0 Å². The van der Waals surface area contributed by atoms with Gasteiger partial charge >= 0.3 is 0 Å². The van der Waals surface area contributed by atoms with Crippen molar-refractivity contribution in [2.75, 3.05) is 51.0 Å². The number of ether oxygens (including phenoxy) is 2. The van der Waals surface area contributed by atoms with Crippen molar-refractivity contribution in [3.63, 3.8) is 0 Å². The van der Waals surface area contributed by atoms with Gasteiger partial charge in [-0.1, -0.05) is 17.7 Å². The summed E-state index contributed by atoms with van der Waals surface area (Å²) in [7, 11) is 0. The van der Waals surface area contributed by atoms with Crippen LogP contribution in [0.2, 0.25) is 0 Å². The Morgan fingerprint density at radius 2 is 1.69 bits per heavy atom. The first-order valence-electron chi connectivity index (χ1n) is 9.98. The number of rotatable bonds is 3. The van der Waals surface area contributed by atoms with Gasteiger partial charge in [-0.05, 0) is 51.3 Å². The van der Waals surface area contributed by atoms with Crippen molar-refractivity contribution in [1.82, 2.24) is 4.90 Å². The van der Waals surface area contributed by atoms with Crippen LogP contribution in [0.3, 0.4) is 0 Å². The molecule has 3 saturated heterocycles. The summed E-state index contributed by atoms with van der Waals surface area (Å²) in [5, 5.41) is 0. The Kier molecular flexibility index (Phi) is 5.30. The largest absolute Gasteiger partial charge is 0.379 e. The van der Waals surface area contributed by atoms with Gasteiger partial charge in [-0.15, -0.1) is 0 Å². The molecule has 1 amide bonds. The number of anilines is 1. The van der Waals surface area contributed by atoms with Crippen LogP contribution in [0.1, 0.15) is 31.2 Å². The molecule has 5 nitrogen and oxygen atoms in total. The molecule has 1 aromatic rings. The van der Waals surface area contributed by atoms with E-state index < -0.39 is 0 Å². The standard InChI is InChI=1S/C21H30N2O3/c1-17-4-6-19(7-5-17)23-11-3-9-21(20(23)24)8-2-10-22(21)14-18-15-25-12-13-26-16-18/h4-7,18H,2-3,8-16H2,1H3. The van der Waals surface area contributed by atoms with E-state index in [1.165, 1.54) is 5.56 Å². The third kappa shape index (κ3) is 3.40. The van der Waals surface area contributed by atoms with Crippen molar-refractivity contribution in [2.24, 2.45) is 5.92 Å². The fourth-order valence-electron chi connectivity index (χ4n) is 4.77. The number of aryl methyl sites for hydroxylation is 1. The van der Waals surface area contributed by atoms with Gasteiger partial charge in [0.05, 0.1) is 26.4 Å². The average Bonchev–Trinajstić information content (AvgIpc) is 2.86. The summed E-state index contributed by atoms with van der Waals surface area (Å²) in [4.78, 5) is 18.0. The van der Waals surface area contributed by atoms with Crippen LogP contribution in [0, 0.1) is 12.8 Å². The molecule has 0 aromatic heterocycles. The lowest BCUT2D eigenvalue weighted by Gasteiger charge is -2.45. The molecular weight excluding hydrogens is 328 g/mol. The summed E-state index contributed by atoms with van der Waals surface area (Å²) in [6.45, 7) is 7.65. The van der Waals surface area contributed by atoms with Crippen molar-refractivity contribution in [1.29, 1.82) is 0 Å². The third-order valence-electron chi connectivity index (χ3n) is 6.14. The van der Waals surface area contributed by atoms with E-state index in [0.717, 1.165) is 64.2 Å². The molecule has 0 radical (unpaired) electrons. The van der Waals surface area contributed by atoms with Gasteiger partial charge in [0.25, 0.3) is 0 Å². The van der Waals surface area contributed by atoms with Gasteiger partial charge in [0.2, 0.25) is 5.91 Å². The number of hydrogen-bond donors (Lipinski definition) is 0. The van der Waals surface area contributed by atoms with Crippen LogP contribution in [0.4, 0.5) is 5.69 Å². The van der Waals surface area contributed by atoms with E-state index in [9.17, 15) is 4.79 Å². The monoisotopic (exact) mass is 358 g/mol. The molecule has 1 atom stereocenters. The number of likely N-dealkylation sites (tertiary alicyclic amines) is 1. The molecule has 3 aliphatic heterocycles. The number of amides is 1. The Morgan fingerprint density at radius 3 is 2.38 bits per heavy atom.